The minimum absolute atomic E-state index is 0.811. The zero-order valence-electron chi connectivity index (χ0n) is 9.39. The van der Waals surface area contributed by atoms with Crippen LogP contribution in [0.1, 0.15) is 18.4 Å². The van der Waals surface area contributed by atoms with Gasteiger partial charge in [0.2, 0.25) is 0 Å². The summed E-state index contributed by atoms with van der Waals surface area (Å²) in [5.41, 5.74) is 3.00. The second-order valence-corrected chi connectivity index (χ2v) is 4.10. The summed E-state index contributed by atoms with van der Waals surface area (Å²) in [6.07, 6.45) is 0. The van der Waals surface area contributed by atoms with Gasteiger partial charge >= 0.3 is 0 Å². The highest BCUT2D eigenvalue weighted by molar-refractivity contribution is 5.22. The molecule has 1 aliphatic rings. The zero-order valence-corrected chi connectivity index (χ0v) is 9.39. The predicted octanol–water partition coefficient (Wildman–Crippen LogP) is 1.60. The highest BCUT2D eigenvalue weighted by Crippen LogP contribution is 2.09. The van der Waals surface area contributed by atoms with Gasteiger partial charge in [-0.05, 0) is 31.6 Å². The topological polar surface area (TPSA) is 37.2 Å². The third-order valence-corrected chi connectivity index (χ3v) is 2.77. The molecule has 0 amide bonds. The third-order valence-electron chi connectivity index (χ3n) is 2.77. The standard InChI is InChI=1S/C12H18N2O/c1-9(11-6-14-7-11)5-13-8-12-4-3-10(2)15-12/h3-4,13-14H,5-8H2,1-2H3. The van der Waals surface area contributed by atoms with E-state index in [1.54, 1.807) is 0 Å². The molecule has 82 valence electrons. The summed E-state index contributed by atoms with van der Waals surface area (Å²) in [6, 6.07) is 4.02. The molecule has 0 aliphatic carbocycles. The van der Waals surface area contributed by atoms with Crippen molar-refractivity contribution in [3.63, 3.8) is 0 Å². The number of hydrogen-bond acceptors (Lipinski definition) is 3. The van der Waals surface area contributed by atoms with Gasteiger partial charge in [0.25, 0.3) is 0 Å². The average Bonchev–Trinajstić information content (AvgIpc) is 2.48. The maximum Gasteiger partial charge on any atom is 0.117 e. The Hall–Kier alpha value is -1.06. The molecule has 0 aromatic carbocycles. The molecule has 0 spiro atoms. The van der Waals surface area contributed by atoms with Gasteiger partial charge in [0.05, 0.1) is 6.54 Å². The van der Waals surface area contributed by atoms with E-state index in [1.165, 1.54) is 11.1 Å². The Balaban J connectivity index is 1.75. The molecule has 1 aromatic heterocycles. The molecule has 15 heavy (non-hydrogen) atoms. The summed E-state index contributed by atoms with van der Waals surface area (Å²) < 4.78 is 5.48. The largest absolute Gasteiger partial charge is 0.465 e. The lowest BCUT2D eigenvalue weighted by Crippen LogP contribution is -2.36. The lowest BCUT2D eigenvalue weighted by Gasteiger charge is -2.22. The Morgan fingerprint density at radius 2 is 2.27 bits per heavy atom. The van der Waals surface area contributed by atoms with E-state index in [0.717, 1.165) is 37.7 Å². The lowest BCUT2D eigenvalue weighted by molar-refractivity contribution is 0.466. The third kappa shape index (κ3) is 2.70. The summed E-state index contributed by atoms with van der Waals surface area (Å²) >= 11 is 0. The number of furan rings is 1. The van der Waals surface area contributed by atoms with Gasteiger partial charge in [-0.3, -0.25) is 0 Å². The summed E-state index contributed by atoms with van der Waals surface area (Å²) in [6.45, 7) is 8.05. The van der Waals surface area contributed by atoms with Gasteiger partial charge in [0.15, 0.2) is 0 Å². The smallest absolute Gasteiger partial charge is 0.117 e. The fourth-order valence-electron chi connectivity index (χ4n) is 1.63. The first kappa shape index (κ1) is 10.5. The number of nitrogens with one attached hydrogen (secondary N) is 2. The van der Waals surface area contributed by atoms with Gasteiger partial charge in [-0.1, -0.05) is 5.57 Å². The van der Waals surface area contributed by atoms with Crippen LogP contribution in [-0.4, -0.2) is 19.6 Å². The SMILES string of the molecule is CC(CNCc1ccc(C)o1)=C1CNC1. The van der Waals surface area contributed by atoms with Gasteiger partial charge in [0.1, 0.15) is 11.5 Å². The first-order valence-electron chi connectivity index (χ1n) is 5.40. The Kier molecular flexibility index (Phi) is 3.23. The normalized spacial score (nSPS) is 15.2. The Labute approximate surface area is 90.5 Å². The van der Waals surface area contributed by atoms with E-state index in [4.69, 9.17) is 4.42 Å². The number of rotatable bonds is 4. The van der Waals surface area contributed by atoms with Crippen molar-refractivity contribution in [2.75, 3.05) is 19.6 Å². The molecule has 1 saturated heterocycles. The molecule has 0 saturated carbocycles. The highest BCUT2D eigenvalue weighted by Gasteiger charge is 2.10. The maximum atomic E-state index is 5.48. The van der Waals surface area contributed by atoms with Crippen molar-refractivity contribution in [1.29, 1.82) is 0 Å². The van der Waals surface area contributed by atoms with Crippen LogP contribution in [0.25, 0.3) is 0 Å². The summed E-state index contributed by atoms with van der Waals surface area (Å²) in [7, 11) is 0. The van der Waals surface area contributed by atoms with Crippen LogP contribution in [0.15, 0.2) is 27.7 Å². The van der Waals surface area contributed by atoms with Crippen LogP contribution in [0, 0.1) is 6.92 Å². The van der Waals surface area contributed by atoms with E-state index in [0.29, 0.717) is 0 Å². The van der Waals surface area contributed by atoms with Crippen LogP contribution in [0.5, 0.6) is 0 Å². The van der Waals surface area contributed by atoms with Crippen LogP contribution in [0.3, 0.4) is 0 Å². The molecular formula is C12H18N2O. The van der Waals surface area contributed by atoms with Crippen LogP contribution >= 0.6 is 0 Å². The molecule has 3 nitrogen and oxygen atoms in total. The number of hydrogen-bond donors (Lipinski definition) is 2. The molecule has 2 N–H and O–H groups in total. The molecule has 0 radical (unpaired) electrons. The molecule has 3 heteroatoms. The second kappa shape index (κ2) is 4.64. The quantitative estimate of drug-likeness (QED) is 0.735. The molecule has 1 aliphatic heterocycles. The van der Waals surface area contributed by atoms with Crippen molar-refractivity contribution in [3.05, 3.63) is 34.8 Å². The van der Waals surface area contributed by atoms with Crippen LogP contribution in [0.2, 0.25) is 0 Å². The lowest BCUT2D eigenvalue weighted by atomic mass is 10.0. The Morgan fingerprint density at radius 3 is 2.80 bits per heavy atom. The van der Waals surface area contributed by atoms with Crippen molar-refractivity contribution in [2.45, 2.75) is 20.4 Å². The van der Waals surface area contributed by atoms with E-state index in [9.17, 15) is 0 Å². The van der Waals surface area contributed by atoms with E-state index < -0.39 is 0 Å². The zero-order chi connectivity index (χ0) is 10.7. The minimum Gasteiger partial charge on any atom is -0.465 e. The molecule has 0 atom stereocenters. The molecule has 0 unspecified atom stereocenters. The molecule has 2 heterocycles. The highest BCUT2D eigenvalue weighted by atomic mass is 16.3. The predicted molar refractivity (Wildman–Crippen MR) is 60.7 cm³/mol. The molecule has 1 aromatic rings. The molecular weight excluding hydrogens is 188 g/mol. The van der Waals surface area contributed by atoms with Crippen molar-refractivity contribution >= 4 is 0 Å². The van der Waals surface area contributed by atoms with E-state index >= 15 is 0 Å². The van der Waals surface area contributed by atoms with Gasteiger partial charge in [-0.25, -0.2) is 0 Å². The first-order valence-corrected chi connectivity index (χ1v) is 5.40. The molecule has 2 rings (SSSR count). The molecule has 1 fully saturated rings. The fraction of sp³-hybridized carbons (Fsp3) is 0.500. The summed E-state index contributed by atoms with van der Waals surface area (Å²) in [4.78, 5) is 0. The average molecular weight is 206 g/mol. The first-order chi connectivity index (χ1) is 7.25. The fourth-order valence-corrected chi connectivity index (χ4v) is 1.63. The van der Waals surface area contributed by atoms with Crippen molar-refractivity contribution in [3.8, 4) is 0 Å². The van der Waals surface area contributed by atoms with Crippen molar-refractivity contribution in [1.82, 2.24) is 10.6 Å². The second-order valence-electron chi connectivity index (χ2n) is 4.10. The van der Waals surface area contributed by atoms with Gasteiger partial charge in [0, 0.05) is 19.6 Å². The van der Waals surface area contributed by atoms with E-state index in [2.05, 4.69) is 17.6 Å². The van der Waals surface area contributed by atoms with Gasteiger partial charge in [-0.15, -0.1) is 0 Å². The Morgan fingerprint density at radius 1 is 1.47 bits per heavy atom. The number of aryl methyl sites for hydroxylation is 1. The summed E-state index contributed by atoms with van der Waals surface area (Å²) in [5, 5.41) is 6.63. The Bertz CT molecular complexity index is 359. The van der Waals surface area contributed by atoms with Crippen LogP contribution < -0.4 is 10.6 Å². The van der Waals surface area contributed by atoms with Crippen LogP contribution in [0.4, 0.5) is 0 Å². The van der Waals surface area contributed by atoms with Gasteiger partial charge in [-0.2, -0.15) is 0 Å². The van der Waals surface area contributed by atoms with E-state index in [1.807, 2.05) is 19.1 Å². The maximum absolute atomic E-state index is 5.48. The van der Waals surface area contributed by atoms with Crippen molar-refractivity contribution in [2.24, 2.45) is 0 Å². The van der Waals surface area contributed by atoms with Crippen molar-refractivity contribution < 1.29 is 4.42 Å². The van der Waals surface area contributed by atoms with E-state index in [-0.39, 0.29) is 0 Å². The van der Waals surface area contributed by atoms with Gasteiger partial charge < -0.3 is 15.1 Å². The molecule has 0 bridgehead atoms. The monoisotopic (exact) mass is 206 g/mol. The minimum atomic E-state index is 0.811. The summed E-state index contributed by atoms with van der Waals surface area (Å²) in [5.74, 6) is 1.99. The van der Waals surface area contributed by atoms with Crippen LogP contribution in [-0.2, 0) is 6.54 Å².